The van der Waals surface area contributed by atoms with Gasteiger partial charge >= 0.3 is 0 Å². The van der Waals surface area contributed by atoms with Gasteiger partial charge in [0.1, 0.15) is 11.5 Å². The standard InChI is InChI=1S/C25H26FNO7S/c1-30-20-13-8-17(7-6-16-14-21(31-2)24(33-4)22(15-16)32-3)23(25(20)34-5)27-35(28,29)19-11-9-18(26)10-12-19/h6-15,27H,1-5H3/b7-6-. The Hall–Kier alpha value is -3.92. The predicted octanol–water partition coefficient (Wildman–Crippen LogP) is 4.84. The molecule has 0 bridgehead atoms. The maximum Gasteiger partial charge on any atom is 0.262 e. The summed E-state index contributed by atoms with van der Waals surface area (Å²) < 4.78 is 68.9. The van der Waals surface area contributed by atoms with E-state index in [1.54, 1.807) is 36.4 Å². The zero-order valence-electron chi connectivity index (χ0n) is 19.9. The van der Waals surface area contributed by atoms with Gasteiger partial charge in [-0.1, -0.05) is 12.2 Å². The van der Waals surface area contributed by atoms with Gasteiger partial charge in [-0.15, -0.1) is 0 Å². The first-order valence-electron chi connectivity index (χ1n) is 10.3. The van der Waals surface area contributed by atoms with E-state index in [9.17, 15) is 12.8 Å². The second kappa shape index (κ2) is 11.0. The van der Waals surface area contributed by atoms with Crippen LogP contribution < -0.4 is 28.4 Å². The Labute approximate surface area is 203 Å². The molecule has 0 aliphatic heterocycles. The molecule has 0 aromatic heterocycles. The number of hydrogen-bond acceptors (Lipinski definition) is 7. The second-order valence-corrected chi connectivity index (χ2v) is 8.80. The van der Waals surface area contributed by atoms with Crippen LogP contribution in [-0.2, 0) is 10.0 Å². The number of methoxy groups -OCH3 is 5. The summed E-state index contributed by atoms with van der Waals surface area (Å²) >= 11 is 0. The van der Waals surface area contributed by atoms with E-state index < -0.39 is 15.8 Å². The normalized spacial score (nSPS) is 11.3. The Kier molecular flexibility index (Phi) is 8.08. The highest BCUT2D eigenvalue weighted by Crippen LogP contribution is 2.41. The summed E-state index contributed by atoms with van der Waals surface area (Å²) in [5.74, 6) is 1.36. The zero-order chi connectivity index (χ0) is 25.6. The fraction of sp³-hybridized carbons (Fsp3) is 0.200. The molecule has 0 heterocycles. The van der Waals surface area contributed by atoms with Gasteiger partial charge in [0.05, 0.1) is 40.4 Å². The molecule has 0 aliphatic carbocycles. The number of anilines is 1. The van der Waals surface area contributed by atoms with Gasteiger partial charge in [-0.05, 0) is 54.1 Å². The first-order chi connectivity index (χ1) is 16.8. The number of halogens is 1. The molecule has 0 spiro atoms. The molecule has 186 valence electrons. The fourth-order valence-electron chi connectivity index (χ4n) is 3.38. The molecule has 0 saturated carbocycles. The smallest absolute Gasteiger partial charge is 0.262 e. The van der Waals surface area contributed by atoms with Crippen LogP contribution in [0.5, 0.6) is 28.7 Å². The van der Waals surface area contributed by atoms with E-state index >= 15 is 0 Å². The topological polar surface area (TPSA) is 92.3 Å². The highest BCUT2D eigenvalue weighted by molar-refractivity contribution is 7.92. The minimum atomic E-state index is -4.07. The average molecular weight is 504 g/mol. The third-order valence-corrected chi connectivity index (χ3v) is 6.45. The predicted molar refractivity (Wildman–Crippen MR) is 132 cm³/mol. The van der Waals surface area contributed by atoms with Crippen LogP contribution in [0.1, 0.15) is 11.1 Å². The molecule has 35 heavy (non-hydrogen) atoms. The lowest BCUT2D eigenvalue weighted by Crippen LogP contribution is -2.15. The highest BCUT2D eigenvalue weighted by Gasteiger charge is 2.21. The molecule has 3 aromatic rings. The second-order valence-electron chi connectivity index (χ2n) is 7.12. The molecule has 0 saturated heterocycles. The van der Waals surface area contributed by atoms with Crippen molar-refractivity contribution in [2.24, 2.45) is 0 Å². The van der Waals surface area contributed by atoms with E-state index in [1.165, 1.54) is 47.7 Å². The summed E-state index contributed by atoms with van der Waals surface area (Å²) in [6.45, 7) is 0. The van der Waals surface area contributed by atoms with Crippen LogP contribution in [-0.4, -0.2) is 44.0 Å². The van der Waals surface area contributed by atoms with Gasteiger partial charge in [-0.25, -0.2) is 12.8 Å². The minimum Gasteiger partial charge on any atom is -0.493 e. The lowest BCUT2D eigenvalue weighted by molar-refractivity contribution is 0.324. The van der Waals surface area contributed by atoms with Gasteiger partial charge < -0.3 is 23.7 Å². The van der Waals surface area contributed by atoms with Crippen molar-refractivity contribution < 1.29 is 36.5 Å². The van der Waals surface area contributed by atoms with Crippen LogP contribution in [0.4, 0.5) is 10.1 Å². The van der Waals surface area contributed by atoms with Crippen LogP contribution in [0.15, 0.2) is 53.4 Å². The van der Waals surface area contributed by atoms with Crippen molar-refractivity contribution in [1.82, 2.24) is 0 Å². The molecule has 0 amide bonds. The average Bonchev–Trinajstić information content (AvgIpc) is 2.86. The minimum absolute atomic E-state index is 0.108. The van der Waals surface area contributed by atoms with Gasteiger partial charge in [0.25, 0.3) is 10.0 Å². The van der Waals surface area contributed by atoms with E-state index in [4.69, 9.17) is 23.7 Å². The van der Waals surface area contributed by atoms with Gasteiger partial charge in [-0.3, -0.25) is 4.72 Å². The van der Waals surface area contributed by atoms with Crippen molar-refractivity contribution in [3.8, 4) is 28.7 Å². The third-order valence-electron chi connectivity index (χ3n) is 5.08. The number of ether oxygens (including phenoxy) is 5. The highest BCUT2D eigenvalue weighted by atomic mass is 32.2. The molecule has 3 aromatic carbocycles. The Morgan fingerprint density at radius 2 is 1.29 bits per heavy atom. The summed E-state index contributed by atoms with van der Waals surface area (Å²) in [7, 11) is 3.33. The van der Waals surface area contributed by atoms with Crippen molar-refractivity contribution in [2.75, 3.05) is 40.3 Å². The summed E-state index contributed by atoms with van der Waals surface area (Å²) in [6, 6.07) is 11.3. The molecule has 0 radical (unpaired) electrons. The third kappa shape index (κ3) is 5.60. The van der Waals surface area contributed by atoms with Crippen molar-refractivity contribution in [3.63, 3.8) is 0 Å². The quantitative estimate of drug-likeness (QED) is 0.396. The Morgan fingerprint density at radius 1 is 0.714 bits per heavy atom. The Balaban J connectivity index is 2.10. The van der Waals surface area contributed by atoms with Crippen LogP contribution in [0, 0.1) is 5.82 Å². The van der Waals surface area contributed by atoms with Crippen LogP contribution in [0.2, 0.25) is 0 Å². The lowest BCUT2D eigenvalue weighted by atomic mass is 10.1. The van der Waals surface area contributed by atoms with Gasteiger partial charge in [0, 0.05) is 5.56 Å². The maximum atomic E-state index is 13.3. The van der Waals surface area contributed by atoms with E-state index in [0.29, 0.717) is 34.1 Å². The van der Waals surface area contributed by atoms with Crippen molar-refractivity contribution in [1.29, 1.82) is 0 Å². The van der Waals surface area contributed by atoms with Gasteiger partial charge in [0.2, 0.25) is 5.75 Å². The summed E-state index contributed by atoms with van der Waals surface area (Å²) in [6.07, 6.45) is 3.45. The Bertz CT molecular complexity index is 1300. The van der Waals surface area contributed by atoms with Gasteiger partial charge in [-0.2, -0.15) is 0 Å². The molecule has 10 heteroatoms. The molecule has 0 fully saturated rings. The molecule has 1 N–H and O–H groups in total. The largest absolute Gasteiger partial charge is 0.493 e. The number of benzene rings is 3. The molecule has 0 unspecified atom stereocenters. The van der Waals surface area contributed by atoms with E-state index in [-0.39, 0.29) is 16.3 Å². The molecule has 0 atom stereocenters. The maximum absolute atomic E-state index is 13.3. The van der Waals surface area contributed by atoms with Crippen LogP contribution >= 0.6 is 0 Å². The molecule has 8 nitrogen and oxygen atoms in total. The summed E-state index contributed by atoms with van der Waals surface area (Å²) in [5.41, 5.74) is 1.35. The van der Waals surface area contributed by atoms with Crippen molar-refractivity contribution >= 4 is 27.9 Å². The van der Waals surface area contributed by atoms with Gasteiger partial charge in [0.15, 0.2) is 23.0 Å². The van der Waals surface area contributed by atoms with Crippen LogP contribution in [0.25, 0.3) is 12.2 Å². The Morgan fingerprint density at radius 3 is 1.80 bits per heavy atom. The molecular formula is C25H26FNO7S. The first kappa shape index (κ1) is 25.7. The number of hydrogen-bond donors (Lipinski definition) is 1. The fourth-order valence-corrected chi connectivity index (χ4v) is 4.47. The van der Waals surface area contributed by atoms with E-state index in [0.717, 1.165) is 12.1 Å². The first-order valence-corrected chi connectivity index (χ1v) is 11.8. The molecule has 0 aliphatic rings. The van der Waals surface area contributed by atoms with E-state index in [1.807, 2.05) is 0 Å². The molecule has 3 rings (SSSR count). The van der Waals surface area contributed by atoms with Crippen LogP contribution in [0.3, 0.4) is 0 Å². The monoisotopic (exact) mass is 503 g/mol. The molecular weight excluding hydrogens is 477 g/mol. The lowest BCUT2D eigenvalue weighted by Gasteiger charge is -2.17. The summed E-state index contributed by atoms with van der Waals surface area (Å²) in [5, 5.41) is 0. The van der Waals surface area contributed by atoms with Crippen molar-refractivity contribution in [2.45, 2.75) is 4.90 Å². The zero-order valence-corrected chi connectivity index (χ0v) is 20.7. The number of rotatable bonds is 10. The summed E-state index contributed by atoms with van der Waals surface area (Å²) in [4.78, 5) is -0.108. The SMILES string of the molecule is COc1cc(/C=C\c2ccc(OC)c(OC)c2NS(=O)(=O)c2ccc(F)cc2)cc(OC)c1OC. The van der Waals surface area contributed by atoms with Crippen molar-refractivity contribution in [3.05, 3.63) is 65.5 Å². The number of sulfonamides is 1. The number of nitrogens with one attached hydrogen (secondary N) is 1. The van der Waals surface area contributed by atoms with E-state index in [2.05, 4.69) is 4.72 Å².